The lowest BCUT2D eigenvalue weighted by atomic mass is 9.94. The monoisotopic (exact) mass is 312 g/mol. The third-order valence-electron chi connectivity index (χ3n) is 4.09. The van der Waals surface area contributed by atoms with Gasteiger partial charge in [-0.3, -0.25) is 9.59 Å². The van der Waals surface area contributed by atoms with E-state index < -0.39 is 5.54 Å². The first-order chi connectivity index (χ1) is 9.39. The molecule has 1 aromatic rings. The number of halogens is 1. The number of nitrogens with one attached hydrogen (secondary N) is 1. The fraction of sp³-hybridized carbons (Fsp3) is 0.571. The van der Waals surface area contributed by atoms with Crippen LogP contribution in [0.15, 0.2) is 12.1 Å². The summed E-state index contributed by atoms with van der Waals surface area (Å²) in [5, 5.41) is 2.89. The van der Waals surface area contributed by atoms with E-state index in [1.807, 2.05) is 12.1 Å². The lowest BCUT2D eigenvalue weighted by Gasteiger charge is -2.44. The summed E-state index contributed by atoms with van der Waals surface area (Å²) in [6, 6.07) is 3.39. The normalized spacial score (nSPS) is 25.8. The van der Waals surface area contributed by atoms with E-state index in [4.69, 9.17) is 11.6 Å². The average Bonchev–Trinajstić information content (AvgIpc) is 3.13. The van der Waals surface area contributed by atoms with Crippen molar-refractivity contribution < 1.29 is 9.59 Å². The first kappa shape index (κ1) is 13.9. The van der Waals surface area contributed by atoms with Crippen molar-refractivity contribution in [2.75, 3.05) is 0 Å². The first-order valence-electron chi connectivity index (χ1n) is 6.76. The van der Waals surface area contributed by atoms with Crippen molar-refractivity contribution in [1.82, 2.24) is 10.2 Å². The fourth-order valence-corrected chi connectivity index (χ4v) is 3.64. The summed E-state index contributed by atoms with van der Waals surface area (Å²) >= 11 is 7.39. The van der Waals surface area contributed by atoms with Crippen LogP contribution in [0.5, 0.6) is 0 Å². The molecule has 0 aromatic carbocycles. The number of carbonyl (C=O) groups excluding carboxylic acids is 2. The first-order valence-corrected chi connectivity index (χ1v) is 7.95. The molecule has 1 aliphatic carbocycles. The van der Waals surface area contributed by atoms with E-state index in [2.05, 4.69) is 5.32 Å². The number of rotatable bonds is 3. The maximum absolute atomic E-state index is 12.7. The van der Waals surface area contributed by atoms with Gasteiger partial charge in [-0.05, 0) is 44.7 Å². The van der Waals surface area contributed by atoms with Crippen LogP contribution in [-0.2, 0) is 16.1 Å². The van der Waals surface area contributed by atoms with Crippen molar-refractivity contribution in [3.05, 3.63) is 21.3 Å². The number of amides is 2. The minimum atomic E-state index is -0.820. The van der Waals surface area contributed by atoms with Crippen LogP contribution < -0.4 is 5.32 Å². The van der Waals surface area contributed by atoms with Gasteiger partial charge in [-0.2, -0.15) is 0 Å². The Morgan fingerprint density at radius 3 is 2.65 bits per heavy atom. The fourth-order valence-electron chi connectivity index (χ4n) is 2.56. The maximum Gasteiger partial charge on any atom is 0.246 e. The van der Waals surface area contributed by atoms with Crippen LogP contribution in [0, 0.1) is 5.92 Å². The van der Waals surface area contributed by atoms with Gasteiger partial charge in [0.1, 0.15) is 11.6 Å². The third-order valence-corrected chi connectivity index (χ3v) is 5.30. The van der Waals surface area contributed by atoms with Gasteiger partial charge in [0.25, 0.3) is 0 Å². The van der Waals surface area contributed by atoms with Gasteiger partial charge in [0.15, 0.2) is 0 Å². The van der Waals surface area contributed by atoms with Crippen molar-refractivity contribution in [2.45, 2.75) is 44.8 Å². The Kier molecular flexibility index (Phi) is 3.29. The van der Waals surface area contributed by atoms with Gasteiger partial charge in [-0.25, -0.2) is 0 Å². The molecule has 20 heavy (non-hydrogen) atoms. The molecule has 1 aromatic heterocycles. The largest absolute Gasteiger partial charge is 0.342 e. The summed E-state index contributed by atoms with van der Waals surface area (Å²) in [5.74, 6) is 0.273. The highest BCUT2D eigenvalue weighted by atomic mass is 35.5. The molecule has 0 spiro atoms. The second-order valence-corrected chi connectivity index (χ2v) is 7.78. The van der Waals surface area contributed by atoms with Crippen LogP contribution >= 0.6 is 22.9 Å². The number of hydrogen-bond acceptors (Lipinski definition) is 3. The number of carbonyl (C=O) groups is 2. The van der Waals surface area contributed by atoms with Crippen LogP contribution in [0.4, 0.5) is 0 Å². The van der Waals surface area contributed by atoms with Gasteiger partial charge < -0.3 is 10.2 Å². The standard InChI is InChI=1S/C14H17ClN2O2S/c1-14(2)13(19)16-11(8-3-4-8)12(18)17(14)7-9-5-6-10(15)20-9/h5-6,8,11H,3-4,7H2,1-2H3,(H,16,19). The van der Waals surface area contributed by atoms with E-state index in [-0.39, 0.29) is 17.9 Å². The van der Waals surface area contributed by atoms with Crippen LogP contribution in [0.3, 0.4) is 0 Å². The number of thiophene rings is 1. The Bertz CT molecular complexity index is 565. The van der Waals surface area contributed by atoms with Gasteiger partial charge in [0, 0.05) is 4.88 Å². The van der Waals surface area contributed by atoms with Crippen LogP contribution in [0.1, 0.15) is 31.6 Å². The zero-order valence-electron chi connectivity index (χ0n) is 11.5. The summed E-state index contributed by atoms with van der Waals surface area (Å²) in [7, 11) is 0. The molecule has 1 atom stereocenters. The second kappa shape index (κ2) is 4.74. The van der Waals surface area contributed by atoms with E-state index in [1.54, 1.807) is 18.7 Å². The predicted octanol–water partition coefficient (Wildman–Crippen LogP) is 2.42. The quantitative estimate of drug-likeness (QED) is 0.932. The molecule has 0 radical (unpaired) electrons. The molecule has 1 unspecified atom stereocenters. The topological polar surface area (TPSA) is 49.4 Å². The molecule has 1 aliphatic heterocycles. The molecule has 3 rings (SSSR count). The molecule has 2 fully saturated rings. The average molecular weight is 313 g/mol. The summed E-state index contributed by atoms with van der Waals surface area (Å²) in [4.78, 5) is 27.6. The molecule has 6 heteroatoms. The Balaban J connectivity index is 1.87. The lowest BCUT2D eigenvalue weighted by molar-refractivity contribution is -0.156. The van der Waals surface area contributed by atoms with Crippen molar-refractivity contribution in [1.29, 1.82) is 0 Å². The Morgan fingerprint density at radius 2 is 2.10 bits per heavy atom. The van der Waals surface area contributed by atoms with E-state index in [0.717, 1.165) is 17.7 Å². The zero-order valence-corrected chi connectivity index (χ0v) is 13.1. The van der Waals surface area contributed by atoms with Crippen LogP contribution in [0.25, 0.3) is 0 Å². The molecular weight excluding hydrogens is 296 g/mol. The number of hydrogen-bond donors (Lipinski definition) is 1. The van der Waals surface area contributed by atoms with E-state index in [9.17, 15) is 9.59 Å². The van der Waals surface area contributed by atoms with Crippen molar-refractivity contribution in [3.63, 3.8) is 0 Å². The molecule has 2 amide bonds. The van der Waals surface area contributed by atoms with E-state index >= 15 is 0 Å². The van der Waals surface area contributed by atoms with E-state index in [1.165, 1.54) is 11.3 Å². The Morgan fingerprint density at radius 1 is 1.40 bits per heavy atom. The zero-order chi connectivity index (χ0) is 14.5. The number of piperazine rings is 1. The van der Waals surface area contributed by atoms with Crippen molar-refractivity contribution in [3.8, 4) is 0 Å². The Hall–Kier alpha value is -1.07. The molecule has 1 N–H and O–H groups in total. The smallest absolute Gasteiger partial charge is 0.246 e. The van der Waals surface area contributed by atoms with Crippen LogP contribution in [0.2, 0.25) is 4.34 Å². The van der Waals surface area contributed by atoms with Gasteiger partial charge in [0.2, 0.25) is 11.8 Å². The van der Waals surface area contributed by atoms with Gasteiger partial charge >= 0.3 is 0 Å². The highest BCUT2D eigenvalue weighted by Gasteiger charge is 2.50. The summed E-state index contributed by atoms with van der Waals surface area (Å²) < 4.78 is 0.699. The van der Waals surface area contributed by atoms with Crippen molar-refractivity contribution >= 4 is 34.8 Å². The van der Waals surface area contributed by atoms with Crippen molar-refractivity contribution in [2.24, 2.45) is 5.92 Å². The summed E-state index contributed by atoms with van der Waals surface area (Å²) in [5.41, 5.74) is -0.820. The maximum atomic E-state index is 12.7. The highest BCUT2D eigenvalue weighted by Crippen LogP contribution is 2.37. The molecule has 1 saturated carbocycles. The summed E-state index contributed by atoms with van der Waals surface area (Å²) in [6.07, 6.45) is 2.05. The lowest BCUT2D eigenvalue weighted by Crippen LogP contribution is -2.68. The second-order valence-electron chi connectivity index (χ2n) is 5.98. The molecular formula is C14H17ClN2O2S. The van der Waals surface area contributed by atoms with Gasteiger partial charge in [-0.1, -0.05) is 11.6 Å². The minimum Gasteiger partial charge on any atom is -0.342 e. The predicted molar refractivity (Wildman–Crippen MR) is 78.6 cm³/mol. The van der Waals surface area contributed by atoms with Gasteiger partial charge in [-0.15, -0.1) is 11.3 Å². The molecule has 1 saturated heterocycles. The molecule has 4 nitrogen and oxygen atoms in total. The van der Waals surface area contributed by atoms with Crippen LogP contribution in [-0.4, -0.2) is 28.3 Å². The summed E-state index contributed by atoms with van der Waals surface area (Å²) in [6.45, 7) is 4.02. The van der Waals surface area contributed by atoms with E-state index in [0.29, 0.717) is 16.8 Å². The molecule has 2 aliphatic rings. The number of nitrogens with zero attached hydrogens (tertiary/aromatic N) is 1. The molecule has 0 bridgehead atoms. The Labute approximate surface area is 127 Å². The SMILES string of the molecule is CC1(C)C(=O)NC(C2CC2)C(=O)N1Cc1ccc(Cl)s1. The molecule has 2 heterocycles. The van der Waals surface area contributed by atoms with Gasteiger partial charge in [0.05, 0.1) is 10.9 Å². The minimum absolute atomic E-state index is 0.0293. The highest BCUT2D eigenvalue weighted by molar-refractivity contribution is 7.16. The third kappa shape index (κ3) is 2.33. The molecule has 108 valence electrons.